The molecule has 0 aliphatic rings. The highest BCUT2D eigenvalue weighted by atomic mass is 14.9. The Morgan fingerprint density at radius 1 is 1.28 bits per heavy atom. The smallest absolute Gasteiger partial charge is 0.126 e. The summed E-state index contributed by atoms with van der Waals surface area (Å²) >= 11 is 0. The van der Waals surface area contributed by atoms with Crippen molar-refractivity contribution in [3.8, 4) is 17.3 Å². The van der Waals surface area contributed by atoms with Crippen LogP contribution in [0.3, 0.4) is 0 Å². The van der Waals surface area contributed by atoms with Crippen molar-refractivity contribution in [2.75, 3.05) is 0 Å². The lowest BCUT2D eigenvalue weighted by Gasteiger charge is -2.10. The van der Waals surface area contributed by atoms with Gasteiger partial charge in [0.05, 0.1) is 18.0 Å². The van der Waals surface area contributed by atoms with Gasteiger partial charge in [0.25, 0.3) is 0 Å². The lowest BCUT2D eigenvalue weighted by atomic mass is 9.95. The molecule has 3 nitrogen and oxygen atoms in total. The van der Waals surface area contributed by atoms with Gasteiger partial charge < -0.3 is 4.98 Å². The molecular weight excluding hydrogens is 222 g/mol. The maximum atomic E-state index is 9.09. The predicted octanol–water partition coefficient (Wildman–Crippen LogP) is 3.44. The fourth-order valence-electron chi connectivity index (χ4n) is 1.76. The van der Waals surface area contributed by atoms with E-state index in [0.29, 0.717) is 5.82 Å². The molecule has 0 aliphatic carbocycles. The van der Waals surface area contributed by atoms with Crippen molar-refractivity contribution in [1.29, 1.82) is 5.26 Å². The molecule has 18 heavy (non-hydrogen) atoms. The van der Waals surface area contributed by atoms with Crippen molar-refractivity contribution in [2.45, 2.75) is 32.6 Å². The number of imidazole rings is 1. The lowest BCUT2D eigenvalue weighted by Crippen LogP contribution is -2.15. The predicted molar refractivity (Wildman–Crippen MR) is 72.0 cm³/mol. The zero-order valence-electron chi connectivity index (χ0n) is 11.0. The molecule has 1 N–H and O–H groups in total. The Morgan fingerprint density at radius 2 is 1.94 bits per heavy atom. The first-order chi connectivity index (χ1) is 8.56. The van der Waals surface area contributed by atoms with Gasteiger partial charge in [-0.3, -0.25) is 0 Å². The molecule has 0 radical (unpaired) electrons. The zero-order valence-corrected chi connectivity index (χ0v) is 11.0. The van der Waals surface area contributed by atoms with Crippen LogP contribution in [0.5, 0.6) is 0 Å². The second-order valence-corrected chi connectivity index (χ2v) is 4.93. The number of H-pyrrole nitrogens is 1. The summed E-state index contributed by atoms with van der Waals surface area (Å²) in [5.74, 6) is 0.708. The summed E-state index contributed by atoms with van der Waals surface area (Å²) in [7, 11) is 0. The molecular formula is C15H17N3. The van der Waals surface area contributed by atoms with Crippen LogP contribution in [0.1, 0.15) is 32.2 Å². The van der Waals surface area contributed by atoms with Gasteiger partial charge in [-0.15, -0.1) is 0 Å². The van der Waals surface area contributed by atoms with E-state index in [2.05, 4.69) is 47.2 Å². The number of aryl methyl sites for hydroxylation is 1. The van der Waals surface area contributed by atoms with E-state index >= 15 is 0 Å². The summed E-state index contributed by atoms with van der Waals surface area (Å²) in [6, 6.07) is 10.6. The zero-order chi connectivity index (χ0) is 13.2. The number of aromatic amines is 1. The van der Waals surface area contributed by atoms with Gasteiger partial charge in [-0.25, -0.2) is 4.98 Å². The van der Waals surface area contributed by atoms with Gasteiger partial charge in [-0.05, 0) is 31.4 Å². The number of nitrogens with zero attached hydrogens (tertiary/aromatic N) is 2. The normalized spacial score (nSPS) is 11.2. The molecule has 2 rings (SSSR count). The van der Waals surface area contributed by atoms with Crippen LogP contribution in [0, 0.1) is 11.3 Å². The molecule has 0 aliphatic heterocycles. The highest BCUT2D eigenvalue weighted by Crippen LogP contribution is 2.23. The van der Waals surface area contributed by atoms with Crippen LogP contribution in [-0.4, -0.2) is 9.97 Å². The third kappa shape index (κ3) is 2.28. The molecule has 0 saturated carbocycles. The van der Waals surface area contributed by atoms with Gasteiger partial charge in [0.2, 0.25) is 0 Å². The topological polar surface area (TPSA) is 52.5 Å². The van der Waals surface area contributed by atoms with Gasteiger partial charge >= 0.3 is 0 Å². The molecule has 0 fully saturated rings. The van der Waals surface area contributed by atoms with Crippen LogP contribution in [0.25, 0.3) is 11.3 Å². The molecule has 0 bridgehead atoms. The Hall–Kier alpha value is -2.08. The molecule has 1 aromatic carbocycles. The lowest BCUT2D eigenvalue weighted by molar-refractivity contribution is 0.640. The van der Waals surface area contributed by atoms with Crippen LogP contribution in [-0.2, 0) is 11.8 Å². The first-order valence-electron chi connectivity index (χ1n) is 6.13. The Balaban J connectivity index is 2.32. The summed E-state index contributed by atoms with van der Waals surface area (Å²) in [5.41, 5.74) is 2.79. The van der Waals surface area contributed by atoms with Crippen molar-refractivity contribution in [3.63, 3.8) is 0 Å². The number of benzene rings is 1. The summed E-state index contributed by atoms with van der Waals surface area (Å²) in [6.45, 7) is 5.85. The van der Waals surface area contributed by atoms with E-state index in [1.165, 1.54) is 5.56 Å². The average Bonchev–Trinajstić information content (AvgIpc) is 2.89. The van der Waals surface area contributed by atoms with Crippen LogP contribution >= 0.6 is 0 Å². The molecule has 0 spiro atoms. The van der Waals surface area contributed by atoms with E-state index in [9.17, 15) is 0 Å². The molecule has 2 aromatic rings. The van der Waals surface area contributed by atoms with Crippen LogP contribution in [0.4, 0.5) is 0 Å². The molecule has 1 heterocycles. The minimum absolute atomic E-state index is 0.582. The van der Waals surface area contributed by atoms with Crippen molar-refractivity contribution in [2.24, 2.45) is 0 Å². The second-order valence-electron chi connectivity index (χ2n) is 4.93. The van der Waals surface area contributed by atoms with Gasteiger partial charge in [0, 0.05) is 0 Å². The minimum atomic E-state index is -0.582. The van der Waals surface area contributed by atoms with Gasteiger partial charge in [0.1, 0.15) is 11.2 Å². The van der Waals surface area contributed by atoms with E-state index in [-0.39, 0.29) is 0 Å². The van der Waals surface area contributed by atoms with Crippen molar-refractivity contribution >= 4 is 0 Å². The number of aromatic nitrogens is 2. The fraction of sp³-hybridized carbons (Fsp3) is 0.333. The maximum Gasteiger partial charge on any atom is 0.126 e. The standard InChI is InChI=1S/C15H17N3/c1-4-11-5-7-12(8-6-11)13-9-17-14(18-13)15(2,3)10-16/h5-9H,4H2,1-3H3,(H,17,18). The molecule has 0 saturated heterocycles. The molecule has 0 unspecified atom stereocenters. The molecule has 0 amide bonds. The highest BCUT2D eigenvalue weighted by molar-refractivity contribution is 5.59. The van der Waals surface area contributed by atoms with Gasteiger partial charge in [0.15, 0.2) is 0 Å². The van der Waals surface area contributed by atoms with Crippen molar-refractivity contribution < 1.29 is 0 Å². The van der Waals surface area contributed by atoms with E-state index in [1.807, 2.05) is 13.8 Å². The fourth-order valence-corrected chi connectivity index (χ4v) is 1.76. The summed E-state index contributed by atoms with van der Waals surface area (Å²) in [5, 5.41) is 9.09. The third-order valence-corrected chi connectivity index (χ3v) is 3.12. The Kier molecular flexibility index (Phi) is 3.20. The maximum absolute atomic E-state index is 9.09. The minimum Gasteiger partial charge on any atom is -0.341 e. The first kappa shape index (κ1) is 12.4. The number of hydrogen-bond acceptors (Lipinski definition) is 2. The van der Waals surface area contributed by atoms with Crippen molar-refractivity contribution in [1.82, 2.24) is 9.97 Å². The van der Waals surface area contributed by atoms with Crippen LogP contribution in [0.2, 0.25) is 0 Å². The summed E-state index contributed by atoms with van der Waals surface area (Å²) in [4.78, 5) is 7.52. The monoisotopic (exact) mass is 239 g/mol. The van der Waals surface area contributed by atoms with Gasteiger partial charge in [-0.2, -0.15) is 5.26 Å². The Bertz CT molecular complexity index is 571. The SMILES string of the molecule is CCc1ccc(-c2cnc(C(C)(C)C#N)[nH]2)cc1. The summed E-state index contributed by atoms with van der Waals surface area (Å²) < 4.78 is 0. The van der Waals surface area contributed by atoms with E-state index < -0.39 is 5.41 Å². The number of hydrogen-bond donors (Lipinski definition) is 1. The molecule has 92 valence electrons. The third-order valence-electron chi connectivity index (χ3n) is 3.12. The molecule has 0 atom stereocenters. The van der Waals surface area contributed by atoms with Crippen LogP contribution < -0.4 is 0 Å². The van der Waals surface area contributed by atoms with Gasteiger partial charge in [-0.1, -0.05) is 31.2 Å². The van der Waals surface area contributed by atoms with E-state index in [0.717, 1.165) is 17.7 Å². The average molecular weight is 239 g/mol. The number of rotatable bonds is 3. The molecule has 1 aromatic heterocycles. The number of nitriles is 1. The van der Waals surface area contributed by atoms with E-state index in [4.69, 9.17) is 5.26 Å². The van der Waals surface area contributed by atoms with Crippen LogP contribution in [0.15, 0.2) is 30.5 Å². The van der Waals surface area contributed by atoms with Crippen molar-refractivity contribution in [3.05, 3.63) is 41.9 Å². The summed E-state index contributed by atoms with van der Waals surface area (Å²) in [6.07, 6.45) is 2.82. The Labute approximate surface area is 107 Å². The molecule has 3 heteroatoms. The second kappa shape index (κ2) is 4.66. The largest absolute Gasteiger partial charge is 0.341 e. The van der Waals surface area contributed by atoms with E-state index in [1.54, 1.807) is 6.20 Å². The highest BCUT2D eigenvalue weighted by Gasteiger charge is 2.23. The Morgan fingerprint density at radius 3 is 2.50 bits per heavy atom. The number of nitrogens with one attached hydrogen (secondary N) is 1. The first-order valence-corrected chi connectivity index (χ1v) is 6.13. The quantitative estimate of drug-likeness (QED) is 0.892.